The van der Waals surface area contributed by atoms with Crippen LogP contribution in [0.5, 0.6) is 0 Å². The van der Waals surface area contributed by atoms with Crippen molar-refractivity contribution in [3.8, 4) is 0 Å². The summed E-state index contributed by atoms with van der Waals surface area (Å²) in [4.78, 5) is 34.8. The van der Waals surface area contributed by atoms with E-state index >= 15 is 0 Å². The molecule has 2 aliphatic rings. The molecule has 4 heterocycles. The van der Waals surface area contributed by atoms with E-state index in [1.807, 2.05) is 47.4 Å². The first-order valence-corrected chi connectivity index (χ1v) is 11.5. The number of pyridine rings is 1. The summed E-state index contributed by atoms with van der Waals surface area (Å²) < 4.78 is 10.7. The van der Waals surface area contributed by atoms with Gasteiger partial charge in [-0.2, -0.15) is 0 Å². The van der Waals surface area contributed by atoms with Crippen LogP contribution in [0.2, 0.25) is 0 Å². The number of fused-ring (bicyclic) bond motifs is 1. The number of ether oxygens (including phenoxy) is 1. The molecule has 1 aromatic carbocycles. The number of furan rings is 1. The Morgan fingerprint density at radius 2 is 1.82 bits per heavy atom. The third kappa shape index (κ3) is 4.71. The predicted molar refractivity (Wildman–Crippen MR) is 124 cm³/mol. The molecule has 2 fully saturated rings. The molecule has 0 radical (unpaired) electrons. The van der Waals surface area contributed by atoms with Gasteiger partial charge in [0.1, 0.15) is 11.6 Å². The van der Waals surface area contributed by atoms with Gasteiger partial charge in [-0.1, -0.05) is 18.2 Å². The first-order chi connectivity index (χ1) is 16.2. The highest BCUT2D eigenvalue weighted by molar-refractivity contribution is 6.07. The maximum Gasteiger partial charge on any atom is 0.254 e. The standard InChI is InChI=1S/C25H28N4O4/c30-24(26-17-19-4-3-13-33-19)18-7-9-28(10-8-18)23-16-21(20-5-1-2-6-22(20)27-23)25(31)29-11-14-32-15-12-29/h1-6,13,16,18H,7-12,14-15,17H2,(H,26,30). The summed E-state index contributed by atoms with van der Waals surface area (Å²) >= 11 is 0. The average Bonchev–Trinajstić information content (AvgIpc) is 3.40. The van der Waals surface area contributed by atoms with E-state index in [0.29, 0.717) is 38.4 Å². The van der Waals surface area contributed by atoms with Gasteiger partial charge in [-0.3, -0.25) is 9.59 Å². The number of hydrogen-bond donors (Lipinski definition) is 1. The SMILES string of the molecule is O=C(NCc1ccco1)C1CCN(c2cc(C(=O)N3CCOCC3)c3ccccc3n2)CC1. The molecule has 33 heavy (non-hydrogen) atoms. The topological polar surface area (TPSA) is 87.9 Å². The van der Waals surface area contributed by atoms with Gasteiger partial charge in [0.25, 0.3) is 5.91 Å². The van der Waals surface area contributed by atoms with Crippen LogP contribution in [-0.4, -0.2) is 61.1 Å². The van der Waals surface area contributed by atoms with Gasteiger partial charge in [-0.05, 0) is 37.1 Å². The normalized spacial score (nSPS) is 17.3. The number of nitrogens with zero attached hydrogens (tertiary/aromatic N) is 3. The number of para-hydroxylation sites is 1. The van der Waals surface area contributed by atoms with Gasteiger partial charge >= 0.3 is 0 Å². The van der Waals surface area contributed by atoms with E-state index < -0.39 is 0 Å². The molecule has 2 amide bonds. The number of carbonyl (C=O) groups is 2. The van der Waals surface area contributed by atoms with Crippen molar-refractivity contribution in [1.29, 1.82) is 0 Å². The third-order valence-corrected chi connectivity index (χ3v) is 6.44. The zero-order valence-corrected chi connectivity index (χ0v) is 18.5. The van der Waals surface area contributed by atoms with E-state index in [9.17, 15) is 9.59 Å². The van der Waals surface area contributed by atoms with Gasteiger partial charge in [0.05, 0.1) is 37.1 Å². The fourth-order valence-corrected chi connectivity index (χ4v) is 4.54. The van der Waals surface area contributed by atoms with E-state index in [4.69, 9.17) is 14.1 Å². The number of carbonyl (C=O) groups excluding carboxylic acids is 2. The van der Waals surface area contributed by atoms with E-state index in [2.05, 4.69) is 10.2 Å². The lowest BCUT2D eigenvalue weighted by Gasteiger charge is -2.33. The van der Waals surface area contributed by atoms with Crippen molar-refractivity contribution in [3.63, 3.8) is 0 Å². The van der Waals surface area contributed by atoms with Crippen molar-refractivity contribution in [2.75, 3.05) is 44.3 Å². The quantitative estimate of drug-likeness (QED) is 0.646. The number of benzene rings is 1. The molecule has 8 nitrogen and oxygen atoms in total. The third-order valence-electron chi connectivity index (χ3n) is 6.44. The van der Waals surface area contributed by atoms with Gasteiger partial charge in [-0.25, -0.2) is 4.98 Å². The number of piperidine rings is 1. The minimum Gasteiger partial charge on any atom is -0.467 e. The summed E-state index contributed by atoms with van der Waals surface area (Å²) in [7, 11) is 0. The monoisotopic (exact) mass is 448 g/mol. The molecule has 2 saturated heterocycles. The summed E-state index contributed by atoms with van der Waals surface area (Å²) in [5.41, 5.74) is 1.49. The second-order valence-corrected chi connectivity index (χ2v) is 8.51. The summed E-state index contributed by atoms with van der Waals surface area (Å²) in [6.07, 6.45) is 3.09. The second kappa shape index (κ2) is 9.62. The Bertz CT molecular complexity index is 1120. The first-order valence-electron chi connectivity index (χ1n) is 11.5. The maximum atomic E-state index is 13.3. The highest BCUT2D eigenvalue weighted by Gasteiger charge is 2.27. The number of rotatable bonds is 5. The van der Waals surface area contributed by atoms with E-state index in [-0.39, 0.29) is 17.7 Å². The average molecular weight is 449 g/mol. The van der Waals surface area contributed by atoms with E-state index in [1.54, 1.807) is 6.26 Å². The van der Waals surface area contributed by atoms with Crippen LogP contribution in [-0.2, 0) is 16.1 Å². The van der Waals surface area contributed by atoms with E-state index in [0.717, 1.165) is 48.4 Å². The van der Waals surface area contributed by atoms with Crippen molar-refractivity contribution >= 4 is 28.5 Å². The summed E-state index contributed by atoms with van der Waals surface area (Å²) in [5, 5.41) is 3.83. The Balaban J connectivity index is 1.30. The zero-order chi connectivity index (χ0) is 22.6. The zero-order valence-electron chi connectivity index (χ0n) is 18.5. The van der Waals surface area contributed by atoms with Crippen LogP contribution in [0.25, 0.3) is 10.9 Å². The Hall–Kier alpha value is -3.39. The molecule has 1 N–H and O–H groups in total. The van der Waals surface area contributed by atoms with Crippen molar-refractivity contribution in [3.05, 3.63) is 60.1 Å². The van der Waals surface area contributed by atoms with Crippen molar-refractivity contribution in [2.24, 2.45) is 5.92 Å². The van der Waals surface area contributed by atoms with Gasteiger partial charge in [0.2, 0.25) is 5.91 Å². The molecule has 2 aromatic heterocycles. The number of anilines is 1. The molecule has 0 unspecified atom stereocenters. The Kier molecular flexibility index (Phi) is 6.26. The maximum absolute atomic E-state index is 13.3. The predicted octanol–water partition coefficient (Wildman–Crippen LogP) is 2.83. The molecule has 0 bridgehead atoms. The molecule has 3 aromatic rings. The fourth-order valence-electron chi connectivity index (χ4n) is 4.54. The largest absolute Gasteiger partial charge is 0.467 e. The molecular formula is C25H28N4O4. The summed E-state index contributed by atoms with van der Waals surface area (Å²) in [6, 6.07) is 13.4. The van der Waals surface area contributed by atoms with E-state index in [1.165, 1.54) is 0 Å². The number of nitrogens with one attached hydrogen (secondary N) is 1. The molecule has 8 heteroatoms. The summed E-state index contributed by atoms with van der Waals surface area (Å²) in [6.45, 7) is 4.18. The highest BCUT2D eigenvalue weighted by atomic mass is 16.5. The van der Waals surface area contributed by atoms with Crippen LogP contribution in [0.1, 0.15) is 29.0 Å². The van der Waals surface area contributed by atoms with Gasteiger partial charge in [0, 0.05) is 37.5 Å². The summed E-state index contributed by atoms with van der Waals surface area (Å²) in [5.74, 6) is 1.58. The van der Waals surface area contributed by atoms with Crippen LogP contribution in [0.4, 0.5) is 5.82 Å². The minimum atomic E-state index is -0.0360. The molecule has 0 saturated carbocycles. The Labute approximate surface area is 192 Å². The van der Waals surface area contributed by atoms with Gasteiger partial charge in [-0.15, -0.1) is 0 Å². The molecule has 5 rings (SSSR count). The lowest BCUT2D eigenvalue weighted by Crippen LogP contribution is -2.41. The fraction of sp³-hybridized carbons (Fsp3) is 0.400. The van der Waals surface area contributed by atoms with Crippen molar-refractivity contribution in [1.82, 2.24) is 15.2 Å². The highest BCUT2D eigenvalue weighted by Crippen LogP contribution is 2.28. The Morgan fingerprint density at radius 3 is 2.58 bits per heavy atom. The number of aromatic nitrogens is 1. The Morgan fingerprint density at radius 1 is 1.03 bits per heavy atom. The van der Waals surface area contributed by atoms with Crippen LogP contribution >= 0.6 is 0 Å². The lowest BCUT2D eigenvalue weighted by molar-refractivity contribution is -0.125. The van der Waals surface area contributed by atoms with Crippen LogP contribution in [0.15, 0.2) is 53.1 Å². The minimum absolute atomic E-state index is 0.0188. The van der Waals surface area contributed by atoms with Crippen molar-refractivity contribution in [2.45, 2.75) is 19.4 Å². The number of hydrogen-bond acceptors (Lipinski definition) is 6. The number of amides is 2. The second-order valence-electron chi connectivity index (χ2n) is 8.51. The number of morpholine rings is 1. The molecule has 0 atom stereocenters. The van der Waals surface area contributed by atoms with Gasteiger partial charge in [0.15, 0.2) is 0 Å². The van der Waals surface area contributed by atoms with Crippen LogP contribution in [0.3, 0.4) is 0 Å². The molecule has 0 spiro atoms. The smallest absolute Gasteiger partial charge is 0.254 e. The van der Waals surface area contributed by atoms with Crippen molar-refractivity contribution < 1.29 is 18.7 Å². The lowest BCUT2D eigenvalue weighted by atomic mass is 9.95. The molecular weight excluding hydrogens is 420 g/mol. The first kappa shape index (κ1) is 21.5. The molecule has 0 aliphatic carbocycles. The molecule has 172 valence electrons. The van der Waals surface area contributed by atoms with Crippen LogP contribution in [0, 0.1) is 5.92 Å². The van der Waals surface area contributed by atoms with Crippen LogP contribution < -0.4 is 10.2 Å². The molecule has 2 aliphatic heterocycles. The van der Waals surface area contributed by atoms with Gasteiger partial charge < -0.3 is 24.3 Å².